The summed E-state index contributed by atoms with van der Waals surface area (Å²) in [5, 5.41) is 13.0. The van der Waals surface area contributed by atoms with Crippen molar-refractivity contribution in [1.82, 2.24) is 5.16 Å². The van der Waals surface area contributed by atoms with E-state index >= 15 is 0 Å². The molecule has 9 heteroatoms. The number of nitrogens with zero attached hydrogens (tertiary/aromatic N) is 1. The van der Waals surface area contributed by atoms with Gasteiger partial charge in [0.25, 0.3) is 0 Å². The molecule has 2 aromatic carbocycles. The molecule has 0 saturated carbocycles. The minimum absolute atomic E-state index is 0.102. The van der Waals surface area contributed by atoms with Crippen LogP contribution in [0.25, 0.3) is 0 Å². The lowest BCUT2D eigenvalue weighted by Crippen LogP contribution is -2.08. The standard InChI is InChI=1S/C21H21NO7S/c1-27-19-8-3-14(11-20(19)30(2,25)26)13-28-16-6-4-15(5-7-16)17(12-21(23)24)18-9-10-29-22-18/h3-11,17H,12-13H2,1-2H3,(H,23,24)/t17-/m0/s1. The van der Waals surface area contributed by atoms with Crippen LogP contribution in [0.3, 0.4) is 0 Å². The van der Waals surface area contributed by atoms with Crippen LogP contribution in [0.1, 0.15) is 29.2 Å². The van der Waals surface area contributed by atoms with E-state index in [1.54, 1.807) is 42.5 Å². The minimum atomic E-state index is -3.44. The number of sulfone groups is 1. The molecule has 0 radical (unpaired) electrons. The van der Waals surface area contributed by atoms with E-state index in [9.17, 15) is 18.3 Å². The van der Waals surface area contributed by atoms with Crippen molar-refractivity contribution in [2.24, 2.45) is 0 Å². The molecule has 0 unspecified atom stereocenters. The number of aromatic nitrogens is 1. The molecule has 0 saturated heterocycles. The van der Waals surface area contributed by atoms with E-state index in [2.05, 4.69) is 5.16 Å². The molecule has 158 valence electrons. The lowest BCUT2D eigenvalue weighted by atomic mass is 9.92. The summed E-state index contributed by atoms with van der Waals surface area (Å²) in [6.07, 6.45) is 2.41. The molecule has 0 aliphatic carbocycles. The van der Waals surface area contributed by atoms with Crippen LogP contribution in [0.15, 0.2) is 64.2 Å². The number of carboxylic acid groups (broad SMARTS) is 1. The largest absolute Gasteiger partial charge is 0.495 e. The Morgan fingerprint density at radius 3 is 2.47 bits per heavy atom. The van der Waals surface area contributed by atoms with Gasteiger partial charge in [-0.15, -0.1) is 0 Å². The highest BCUT2D eigenvalue weighted by atomic mass is 32.2. The Bertz CT molecular complexity index is 1110. The summed E-state index contributed by atoms with van der Waals surface area (Å²) in [4.78, 5) is 11.3. The molecular weight excluding hydrogens is 410 g/mol. The molecule has 1 N–H and O–H groups in total. The quantitative estimate of drug-likeness (QED) is 0.549. The van der Waals surface area contributed by atoms with Gasteiger partial charge in [0.05, 0.1) is 19.2 Å². The molecule has 30 heavy (non-hydrogen) atoms. The van der Waals surface area contributed by atoms with E-state index in [1.807, 2.05) is 0 Å². The second-order valence-electron chi connectivity index (χ2n) is 6.69. The summed E-state index contributed by atoms with van der Waals surface area (Å²) in [5.41, 5.74) is 1.98. The number of ether oxygens (including phenoxy) is 2. The normalized spacial score (nSPS) is 12.3. The average molecular weight is 431 g/mol. The molecular formula is C21H21NO7S. The maximum atomic E-state index is 11.9. The highest BCUT2D eigenvalue weighted by Gasteiger charge is 2.20. The summed E-state index contributed by atoms with van der Waals surface area (Å²) >= 11 is 0. The Labute approximate surface area is 174 Å². The maximum Gasteiger partial charge on any atom is 0.304 e. The van der Waals surface area contributed by atoms with E-state index in [1.165, 1.54) is 19.4 Å². The van der Waals surface area contributed by atoms with Gasteiger partial charge >= 0.3 is 5.97 Å². The summed E-state index contributed by atoms with van der Waals surface area (Å²) in [6, 6.07) is 13.5. The maximum absolute atomic E-state index is 11.9. The first-order chi connectivity index (χ1) is 14.3. The van der Waals surface area contributed by atoms with Crippen LogP contribution < -0.4 is 9.47 Å². The van der Waals surface area contributed by atoms with Crippen molar-refractivity contribution in [1.29, 1.82) is 0 Å². The molecule has 0 amide bonds. The van der Waals surface area contributed by atoms with Crippen LogP contribution in [0.5, 0.6) is 11.5 Å². The molecule has 0 spiro atoms. The van der Waals surface area contributed by atoms with Gasteiger partial charge in [0.1, 0.15) is 29.3 Å². The molecule has 3 aromatic rings. The summed E-state index contributed by atoms with van der Waals surface area (Å²) < 4.78 is 39.6. The summed E-state index contributed by atoms with van der Waals surface area (Å²) in [7, 11) is -2.02. The average Bonchev–Trinajstić information content (AvgIpc) is 3.24. The smallest absolute Gasteiger partial charge is 0.304 e. The number of benzene rings is 2. The number of carboxylic acids is 1. The Hall–Kier alpha value is -3.33. The first kappa shape index (κ1) is 21.4. The van der Waals surface area contributed by atoms with Gasteiger partial charge in [0, 0.05) is 18.2 Å². The third-order valence-electron chi connectivity index (χ3n) is 4.51. The predicted molar refractivity (Wildman–Crippen MR) is 107 cm³/mol. The lowest BCUT2D eigenvalue weighted by molar-refractivity contribution is -0.137. The van der Waals surface area contributed by atoms with Crippen LogP contribution >= 0.6 is 0 Å². The highest BCUT2D eigenvalue weighted by Crippen LogP contribution is 2.29. The number of carbonyl (C=O) groups is 1. The molecule has 0 fully saturated rings. The topological polar surface area (TPSA) is 116 Å². The van der Waals surface area contributed by atoms with Crippen LogP contribution in [0, 0.1) is 0 Å². The number of aliphatic carboxylic acids is 1. The summed E-state index contributed by atoms with van der Waals surface area (Å²) in [5.74, 6) is -0.536. The van der Waals surface area contributed by atoms with Gasteiger partial charge in [-0.1, -0.05) is 23.4 Å². The van der Waals surface area contributed by atoms with Crippen molar-refractivity contribution in [3.05, 3.63) is 71.6 Å². The predicted octanol–water partition coefficient (Wildman–Crippen LogP) is 3.27. The Kier molecular flexibility index (Phi) is 6.41. The Balaban J connectivity index is 1.74. The SMILES string of the molecule is COc1ccc(COc2ccc([C@H](CC(=O)O)c3ccon3)cc2)cc1S(C)(=O)=O. The molecule has 0 aliphatic rings. The zero-order valence-electron chi connectivity index (χ0n) is 16.4. The van der Waals surface area contributed by atoms with E-state index in [0.29, 0.717) is 17.0 Å². The van der Waals surface area contributed by atoms with Crippen molar-refractivity contribution in [2.75, 3.05) is 13.4 Å². The molecule has 1 atom stereocenters. The molecule has 1 aromatic heterocycles. The van der Waals surface area contributed by atoms with Gasteiger partial charge in [0.15, 0.2) is 9.84 Å². The molecule has 8 nitrogen and oxygen atoms in total. The van der Waals surface area contributed by atoms with E-state index < -0.39 is 21.7 Å². The third kappa shape index (κ3) is 5.18. The highest BCUT2D eigenvalue weighted by molar-refractivity contribution is 7.90. The van der Waals surface area contributed by atoms with Crippen LogP contribution in [-0.4, -0.2) is 38.0 Å². The van der Waals surface area contributed by atoms with Crippen molar-refractivity contribution in [2.45, 2.75) is 23.8 Å². The number of rotatable bonds is 9. The summed E-state index contributed by atoms with van der Waals surface area (Å²) in [6.45, 7) is 0.160. The van der Waals surface area contributed by atoms with Crippen LogP contribution in [0.2, 0.25) is 0 Å². The van der Waals surface area contributed by atoms with E-state index in [-0.39, 0.29) is 23.7 Å². The lowest BCUT2D eigenvalue weighted by Gasteiger charge is -2.14. The molecule has 0 bridgehead atoms. The second-order valence-corrected chi connectivity index (χ2v) is 8.67. The van der Waals surface area contributed by atoms with Crippen LogP contribution in [-0.2, 0) is 21.2 Å². The second kappa shape index (κ2) is 9.00. The van der Waals surface area contributed by atoms with E-state index in [0.717, 1.165) is 11.8 Å². The third-order valence-corrected chi connectivity index (χ3v) is 5.63. The number of hydrogen-bond acceptors (Lipinski definition) is 7. The fourth-order valence-electron chi connectivity index (χ4n) is 3.03. The van der Waals surface area contributed by atoms with Gasteiger partial charge in [-0.2, -0.15) is 0 Å². The fourth-order valence-corrected chi connectivity index (χ4v) is 3.92. The molecule has 3 rings (SSSR count). The monoisotopic (exact) mass is 431 g/mol. The first-order valence-corrected chi connectivity index (χ1v) is 10.9. The van der Waals surface area contributed by atoms with Crippen molar-refractivity contribution < 1.29 is 32.3 Å². The number of hydrogen-bond donors (Lipinski definition) is 1. The minimum Gasteiger partial charge on any atom is -0.495 e. The zero-order valence-corrected chi connectivity index (χ0v) is 17.3. The van der Waals surface area contributed by atoms with Gasteiger partial charge in [-0.3, -0.25) is 4.79 Å². The first-order valence-electron chi connectivity index (χ1n) is 8.99. The van der Waals surface area contributed by atoms with Gasteiger partial charge in [0.2, 0.25) is 0 Å². The van der Waals surface area contributed by atoms with Crippen molar-refractivity contribution >= 4 is 15.8 Å². The van der Waals surface area contributed by atoms with Crippen molar-refractivity contribution in [3.63, 3.8) is 0 Å². The van der Waals surface area contributed by atoms with Gasteiger partial charge in [-0.25, -0.2) is 8.42 Å². The van der Waals surface area contributed by atoms with Gasteiger partial charge < -0.3 is 19.1 Å². The van der Waals surface area contributed by atoms with E-state index in [4.69, 9.17) is 14.0 Å². The molecule has 0 aliphatic heterocycles. The Morgan fingerprint density at radius 1 is 1.17 bits per heavy atom. The zero-order chi connectivity index (χ0) is 21.7. The number of methoxy groups -OCH3 is 1. The molecule has 1 heterocycles. The Morgan fingerprint density at radius 2 is 1.90 bits per heavy atom. The fraction of sp³-hybridized carbons (Fsp3) is 0.238. The van der Waals surface area contributed by atoms with Crippen LogP contribution in [0.4, 0.5) is 0 Å². The van der Waals surface area contributed by atoms with Gasteiger partial charge in [-0.05, 0) is 35.4 Å². The van der Waals surface area contributed by atoms with Crippen molar-refractivity contribution in [3.8, 4) is 11.5 Å².